The summed E-state index contributed by atoms with van der Waals surface area (Å²) < 4.78 is 0. The van der Waals surface area contributed by atoms with Gasteiger partial charge in [-0.05, 0) is 43.3 Å². The predicted molar refractivity (Wildman–Crippen MR) is 75.0 cm³/mol. The number of carbonyl (C=O) groups excluding carboxylic acids is 1. The molecule has 1 unspecified atom stereocenters. The number of rotatable bonds is 4. The summed E-state index contributed by atoms with van der Waals surface area (Å²) in [5, 5.41) is 11.9. The minimum Gasteiger partial charge on any atom is -0.477 e. The number of thioether (sulfide) groups is 1. The Morgan fingerprint density at radius 1 is 1.47 bits per heavy atom. The van der Waals surface area contributed by atoms with Crippen LogP contribution in [-0.2, 0) is 0 Å². The van der Waals surface area contributed by atoms with Crippen LogP contribution in [0.15, 0.2) is 0 Å². The van der Waals surface area contributed by atoms with Gasteiger partial charge in [-0.25, -0.2) is 4.79 Å². The van der Waals surface area contributed by atoms with Gasteiger partial charge < -0.3 is 15.4 Å². The van der Waals surface area contributed by atoms with Crippen molar-refractivity contribution < 1.29 is 14.7 Å². The SMILES string of the molecule is Cc1[nH]c(C(=O)O)c(C)c1C(=O)NCC1CCSC1. The van der Waals surface area contributed by atoms with Gasteiger partial charge in [0.2, 0.25) is 0 Å². The Morgan fingerprint density at radius 3 is 2.74 bits per heavy atom. The number of amides is 1. The molecule has 2 heterocycles. The number of hydrogen-bond acceptors (Lipinski definition) is 3. The van der Waals surface area contributed by atoms with E-state index in [9.17, 15) is 9.59 Å². The lowest BCUT2D eigenvalue weighted by Gasteiger charge is -2.10. The minimum atomic E-state index is -1.04. The van der Waals surface area contributed by atoms with Crippen LogP contribution in [0.1, 0.15) is 38.5 Å². The fourth-order valence-corrected chi connectivity index (χ4v) is 3.66. The summed E-state index contributed by atoms with van der Waals surface area (Å²) >= 11 is 1.91. The number of aryl methyl sites for hydroxylation is 1. The van der Waals surface area contributed by atoms with Gasteiger partial charge in [0.05, 0.1) is 5.56 Å². The van der Waals surface area contributed by atoms with Crippen molar-refractivity contribution >= 4 is 23.6 Å². The summed E-state index contributed by atoms with van der Waals surface area (Å²) in [5.41, 5.74) is 1.67. The van der Waals surface area contributed by atoms with Crippen LogP contribution in [0.2, 0.25) is 0 Å². The van der Waals surface area contributed by atoms with E-state index in [0.29, 0.717) is 29.3 Å². The highest BCUT2D eigenvalue weighted by Gasteiger charge is 2.22. The highest BCUT2D eigenvalue weighted by atomic mass is 32.2. The fourth-order valence-electron chi connectivity index (χ4n) is 2.37. The zero-order chi connectivity index (χ0) is 14.0. The number of hydrogen-bond donors (Lipinski definition) is 3. The van der Waals surface area contributed by atoms with Gasteiger partial charge in [-0.1, -0.05) is 0 Å². The van der Waals surface area contributed by atoms with Crippen molar-refractivity contribution in [2.24, 2.45) is 5.92 Å². The second-order valence-corrected chi connectivity index (χ2v) is 6.02. The number of aromatic carboxylic acids is 1. The molecule has 104 valence electrons. The molecule has 1 atom stereocenters. The van der Waals surface area contributed by atoms with Gasteiger partial charge in [-0.2, -0.15) is 11.8 Å². The summed E-state index contributed by atoms with van der Waals surface area (Å²) in [6.45, 7) is 4.05. The van der Waals surface area contributed by atoms with Crippen LogP contribution in [0.25, 0.3) is 0 Å². The van der Waals surface area contributed by atoms with Crippen molar-refractivity contribution in [1.82, 2.24) is 10.3 Å². The average Bonchev–Trinajstić information content (AvgIpc) is 2.94. The Labute approximate surface area is 116 Å². The molecule has 0 aliphatic carbocycles. The van der Waals surface area contributed by atoms with Gasteiger partial charge in [-0.15, -0.1) is 0 Å². The molecule has 0 radical (unpaired) electrons. The number of carbonyl (C=O) groups is 2. The van der Waals surface area contributed by atoms with E-state index in [-0.39, 0.29) is 11.6 Å². The molecule has 1 fully saturated rings. The maximum absolute atomic E-state index is 12.1. The van der Waals surface area contributed by atoms with Crippen LogP contribution in [0, 0.1) is 19.8 Å². The molecule has 0 bridgehead atoms. The van der Waals surface area contributed by atoms with E-state index in [1.165, 1.54) is 0 Å². The molecular weight excluding hydrogens is 264 g/mol. The Kier molecular flexibility index (Phi) is 4.19. The Hall–Kier alpha value is -1.43. The fraction of sp³-hybridized carbons (Fsp3) is 0.538. The molecule has 3 N–H and O–H groups in total. The van der Waals surface area contributed by atoms with Crippen LogP contribution < -0.4 is 5.32 Å². The van der Waals surface area contributed by atoms with Crippen molar-refractivity contribution in [3.8, 4) is 0 Å². The first-order valence-corrected chi connectivity index (χ1v) is 7.44. The predicted octanol–water partition coefficient (Wildman–Crippen LogP) is 1.81. The molecular formula is C13H18N2O3S. The molecule has 1 aliphatic rings. The molecule has 1 aromatic rings. The summed E-state index contributed by atoms with van der Waals surface area (Å²) in [6.07, 6.45) is 1.14. The van der Waals surface area contributed by atoms with Crippen LogP contribution in [0.5, 0.6) is 0 Å². The van der Waals surface area contributed by atoms with Gasteiger partial charge in [0.25, 0.3) is 5.91 Å². The topological polar surface area (TPSA) is 82.2 Å². The zero-order valence-corrected chi connectivity index (χ0v) is 11.9. The smallest absolute Gasteiger partial charge is 0.352 e. The quantitative estimate of drug-likeness (QED) is 0.786. The second-order valence-electron chi connectivity index (χ2n) is 4.87. The van der Waals surface area contributed by atoms with E-state index in [1.54, 1.807) is 13.8 Å². The highest BCUT2D eigenvalue weighted by Crippen LogP contribution is 2.23. The standard InChI is InChI=1S/C13H18N2O3S/c1-7-10(8(2)15-11(7)13(17)18)12(16)14-5-9-3-4-19-6-9/h9,15H,3-6H2,1-2H3,(H,14,16)(H,17,18). The maximum atomic E-state index is 12.1. The molecule has 0 aromatic carbocycles. The first-order chi connectivity index (χ1) is 9.00. The van der Waals surface area contributed by atoms with Gasteiger partial charge in [0.15, 0.2) is 0 Å². The molecule has 5 nitrogen and oxygen atoms in total. The zero-order valence-electron chi connectivity index (χ0n) is 11.1. The van der Waals surface area contributed by atoms with E-state index < -0.39 is 5.97 Å². The largest absolute Gasteiger partial charge is 0.477 e. The van der Waals surface area contributed by atoms with Gasteiger partial charge in [0.1, 0.15) is 5.69 Å². The summed E-state index contributed by atoms with van der Waals surface area (Å²) in [7, 11) is 0. The summed E-state index contributed by atoms with van der Waals surface area (Å²) in [4.78, 5) is 25.9. The normalized spacial score (nSPS) is 18.5. The lowest BCUT2D eigenvalue weighted by molar-refractivity contribution is 0.0690. The summed E-state index contributed by atoms with van der Waals surface area (Å²) in [6, 6.07) is 0. The number of carboxylic acid groups (broad SMARTS) is 1. The lowest BCUT2D eigenvalue weighted by atomic mass is 10.1. The number of H-pyrrole nitrogens is 1. The average molecular weight is 282 g/mol. The third-order valence-electron chi connectivity index (χ3n) is 3.45. The molecule has 0 spiro atoms. The van der Waals surface area contributed by atoms with Crippen molar-refractivity contribution in [1.29, 1.82) is 0 Å². The molecule has 19 heavy (non-hydrogen) atoms. The van der Waals surface area contributed by atoms with Crippen LogP contribution in [0.4, 0.5) is 0 Å². The first kappa shape index (κ1) is 14.0. The van der Waals surface area contributed by atoms with Gasteiger partial charge in [-0.3, -0.25) is 4.79 Å². The van der Waals surface area contributed by atoms with Crippen molar-refractivity contribution in [3.63, 3.8) is 0 Å². The van der Waals surface area contributed by atoms with E-state index >= 15 is 0 Å². The molecule has 0 saturated carbocycles. The monoisotopic (exact) mass is 282 g/mol. The van der Waals surface area contributed by atoms with E-state index in [0.717, 1.165) is 17.9 Å². The number of aromatic nitrogens is 1. The van der Waals surface area contributed by atoms with E-state index in [2.05, 4.69) is 10.3 Å². The van der Waals surface area contributed by atoms with Crippen LogP contribution in [-0.4, -0.2) is 40.0 Å². The molecule has 1 aliphatic heterocycles. The van der Waals surface area contributed by atoms with E-state index in [1.807, 2.05) is 11.8 Å². The molecule has 1 aromatic heterocycles. The number of nitrogens with one attached hydrogen (secondary N) is 2. The van der Waals surface area contributed by atoms with Crippen molar-refractivity contribution in [2.45, 2.75) is 20.3 Å². The highest BCUT2D eigenvalue weighted by molar-refractivity contribution is 7.99. The Balaban J connectivity index is 2.08. The minimum absolute atomic E-state index is 0.0964. The lowest BCUT2D eigenvalue weighted by Crippen LogP contribution is -2.30. The van der Waals surface area contributed by atoms with Crippen molar-refractivity contribution in [2.75, 3.05) is 18.1 Å². The van der Waals surface area contributed by atoms with E-state index in [4.69, 9.17) is 5.11 Å². The number of aromatic amines is 1. The Bertz CT molecular complexity index is 504. The third-order valence-corrected chi connectivity index (χ3v) is 4.69. The van der Waals surface area contributed by atoms with Gasteiger partial charge in [0, 0.05) is 12.2 Å². The second kappa shape index (κ2) is 5.69. The first-order valence-electron chi connectivity index (χ1n) is 6.29. The van der Waals surface area contributed by atoms with Crippen LogP contribution >= 0.6 is 11.8 Å². The molecule has 1 saturated heterocycles. The molecule has 6 heteroatoms. The van der Waals surface area contributed by atoms with Crippen molar-refractivity contribution in [3.05, 3.63) is 22.5 Å². The number of carboxylic acids is 1. The molecule has 1 amide bonds. The Morgan fingerprint density at radius 2 is 2.21 bits per heavy atom. The maximum Gasteiger partial charge on any atom is 0.352 e. The molecule has 2 rings (SSSR count). The third kappa shape index (κ3) is 2.94. The van der Waals surface area contributed by atoms with Crippen LogP contribution in [0.3, 0.4) is 0 Å². The van der Waals surface area contributed by atoms with Gasteiger partial charge >= 0.3 is 5.97 Å². The summed E-state index contributed by atoms with van der Waals surface area (Å²) in [5.74, 6) is 1.56.